The van der Waals surface area contributed by atoms with Crippen LogP contribution in [0.2, 0.25) is 10.0 Å². The second-order valence-electron chi connectivity index (χ2n) is 18.8. The van der Waals surface area contributed by atoms with E-state index in [2.05, 4.69) is 39.8 Å². The van der Waals surface area contributed by atoms with Crippen molar-refractivity contribution in [2.24, 2.45) is 0 Å². The first-order chi connectivity index (χ1) is 33.3. The number of phenolic OH excluding ortho intramolecular Hbond substituents is 2. The third-order valence-corrected chi connectivity index (χ3v) is 16.3. The SMILES string of the molecule is C.C.Cc1cc(OC[P@@]2(=O)OCC[C@H](c3cccc(Cl)c3)O2)cc(C)c1Cc1ccc(O)c(C(C)C)c1.Cc1cc(OC[P@]2(=O)OCC[C@H](c3cccc(Cl)c3)O2)cc(C)c1Cc1ccc(O)c(C(C)C)c1. The Labute approximate surface area is 438 Å². The molecule has 0 saturated carbocycles. The fraction of sp³-hybridized carbons (Fsp3) is 0.379. The summed E-state index contributed by atoms with van der Waals surface area (Å²) in [6.07, 6.45) is 1.72. The largest absolute Gasteiger partial charge is 0.508 e. The molecule has 388 valence electrons. The first-order valence-corrected chi connectivity index (χ1v) is 27.9. The molecule has 0 unspecified atom stereocenters. The maximum atomic E-state index is 13.2. The van der Waals surface area contributed by atoms with Gasteiger partial charge in [0.25, 0.3) is 0 Å². The van der Waals surface area contributed by atoms with E-state index in [1.165, 1.54) is 11.1 Å². The Balaban J connectivity index is 0.000000260. The molecule has 4 atom stereocenters. The lowest BCUT2D eigenvalue weighted by Gasteiger charge is -2.30. The standard InChI is InChI=1S/2C28H32ClO5P.2CH4/c2*1-18(2)25-14-21(8-9-27(25)30)15-26-19(3)12-24(13-20(26)4)32-17-35(31)33-11-10-28(34-35)22-6-5-7-23(29)16-22;;/h2*5-9,12-14,16,18,28,30H,10-11,15,17H2,1-4H3;2*1H4/t28-,35+;28-,35-;;/m11../s1. The molecule has 8 rings (SSSR count). The van der Waals surface area contributed by atoms with Crippen molar-refractivity contribution in [2.45, 2.75) is 120 Å². The number of hydrogen-bond acceptors (Lipinski definition) is 10. The van der Waals surface area contributed by atoms with Crippen molar-refractivity contribution in [1.29, 1.82) is 0 Å². The van der Waals surface area contributed by atoms with Crippen molar-refractivity contribution in [3.8, 4) is 23.0 Å². The molecular weight excluding hydrogens is 989 g/mol. The molecule has 0 amide bonds. The van der Waals surface area contributed by atoms with Crippen molar-refractivity contribution in [2.75, 3.05) is 25.9 Å². The molecule has 0 spiro atoms. The van der Waals surface area contributed by atoms with Gasteiger partial charge in [0.05, 0.1) is 25.4 Å². The minimum absolute atomic E-state index is 0. The summed E-state index contributed by atoms with van der Waals surface area (Å²) in [6.45, 7) is 17.1. The third-order valence-electron chi connectivity index (χ3n) is 12.7. The van der Waals surface area contributed by atoms with Gasteiger partial charge in [0, 0.05) is 22.9 Å². The number of phenols is 2. The molecule has 0 radical (unpaired) electrons. The van der Waals surface area contributed by atoms with Gasteiger partial charge in [0.15, 0.2) is 12.7 Å². The molecule has 14 heteroatoms. The van der Waals surface area contributed by atoms with Crippen LogP contribution >= 0.6 is 38.4 Å². The van der Waals surface area contributed by atoms with E-state index in [-0.39, 0.29) is 51.6 Å². The lowest BCUT2D eigenvalue weighted by atomic mass is 9.93. The van der Waals surface area contributed by atoms with Crippen molar-refractivity contribution >= 4 is 38.4 Å². The van der Waals surface area contributed by atoms with Gasteiger partial charge in [-0.15, -0.1) is 0 Å². The minimum atomic E-state index is -3.42. The Kier molecular flexibility index (Phi) is 20.7. The van der Waals surface area contributed by atoms with Crippen LogP contribution in [0.15, 0.2) is 109 Å². The zero-order chi connectivity index (χ0) is 50.3. The molecule has 0 aliphatic carbocycles. The minimum Gasteiger partial charge on any atom is -0.508 e. The van der Waals surface area contributed by atoms with E-state index in [0.717, 1.165) is 68.5 Å². The maximum Gasteiger partial charge on any atom is 0.368 e. The van der Waals surface area contributed by atoms with Gasteiger partial charge in [0.1, 0.15) is 23.0 Å². The molecule has 6 aromatic rings. The summed E-state index contributed by atoms with van der Waals surface area (Å²) in [5.74, 6) is 2.42. The number of aromatic hydroxyl groups is 2. The number of rotatable bonds is 14. The molecule has 0 bridgehead atoms. The fourth-order valence-corrected chi connectivity index (χ4v) is 12.3. The molecular formula is C58H72Cl2O10P2. The van der Waals surface area contributed by atoms with Crippen LogP contribution in [0.25, 0.3) is 0 Å². The highest BCUT2D eigenvalue weighted by Gasteiger charge is 2.37. The monoisotopic (exact) mass is 1060 g/mol. The van der Waals surface area contributed by atoms with Crippen molar-refractivity contribution in [3.63, 3.8) is 0 Å². The Morgan fingerprint density at radius 1 is 0.556 bits per heavy atom. The van der Waals surface area contributed by atoms with E-state index in [1.54, 1.807) is 24.3 Å². The molecule has 2 aliphatic rings. The number of benzene rings is 6. The van der Waals surface area contributed by atoms with Gasteiger partial charge in [-0.05, 0) is 180 Å². The molecule has 2 N–H and O–H groups in total. The van der Waals surface area contributed by atoms with Crippen LogP contribution in [-0.2, 0) is 40.1 Å². The summed E-state index contributed by atoms with van der Waals surface area (Å²) >= 11 is 12.2. The molecule has 2 fully saturated rings. The molecule has 6 aromatic carbocycles. The quantitative estimate of drug-likeness (QED) is 0.102. The number of ether oxygens (including phenoxy) is 2. The van der Waals surface area contributed by atoms with Gasteiger partial charge in [-0.2, -0.15) is 0 Å². The number of hydrogen-bond donors (Lipinski definition) is 2. The van der Waals surface area contributed by atoms with Crippen molar-refractivity contribution in [1.82, 2.24) is 0 Å². The van der Waals surface area contributed by atoms with Crippen LogP contribution in [0.3, 0.4) is 0 Å². The summed E-state index contributed by atoms with van der Waals surface area (Å²) in [7, 11) is -6.84. The number of halogens is 2. The van der Waals surface area contributed by atoms with Crippen LogP contribution < -0.4 is 9.47 Å². The van der Waals surface area contributed by atoms with Crippen LogP contribution in [0.1, 0.15) is 146 Å². The van der Waals surface area contributed by atoms with Crippen molar-refractivity contribution < 1.29 is 46.9 Å². The topological polar surface area (TPSA) is 130 Å². The van der Waals surface area contributed by atoms with E-state index in [1.807, 2.05) is 100 Å². The molecule has 72 heavy (non-hydrogen) atoms. The van der Waals surface area contributed by atoms with E-state index < -0.39 is 15.2 Å². The summed E-state index contributed by atoms with van der Waals surface area (Å²) in [5, 5.41) is 21.5. The van der Waals surface area contributed by atoms with E-state index in [0.29, 0.717) is 59.1 Å². The van der Waals surface area contributed by atoms with Crippen LogP contribution in [0.4, 0.5) is 0 Å². The van der Waals surface area contributed by atoms with Gasteiger partial charge in [-0.25, -0.2) is 0 Å². The fourth-order valence-electron chi connectivity index (χ4n) is 8.86. The molecule has 0 aromatic heterocycles. The van der Waals surface area contributed by atoms with Crippen LogP contribution in [-0.4, -0.2) is 36.1 Å². The summed E-state index contributed by atoms with van der Waals surface area (Å²) < 4.78 is 61.1. The van der Waals surface area contributed by atoms with Crippen LogP contribution in [0.5, 0.6) is 23.0 Å². The van der Waals surface area contributed by atoms with E-state index >= 15 is 0 Å². The highest BCUT2D eigenvalue weighted by molar-refractivity contribution is 7.54. The second-order valence-corrected chi connectivity index (χ2v) is 23.6. The average molecular weight is 1060 g/mol. The second kappa shape index (κ2) is 25.6. The van der Waals surface area contributed by atoms with Gasteiger partial charge >= 0.3 is 15.2 Å². The first kappa shape index (κ1) is 58.3. The van der Waals surface area contributed by atoms with Gasteiger partial charge < -0.3 is 28.7 Å². The van der Waals surface area contributed by atoms with E-state index in [4.69, 9.17) is 50.8 Å². The highest BCUT2D eigenvalue weighted by atomic mass is 35.5. The lowest BCUT2D eigenvalue weighted by Crippen LogP contribution is -2.17. The smallest absolute Gasteiger partial charge is 0.368 e. The molecule has 2 saturated heterocycles. The normalized spacial score (nSPS) is 19.7. The summed E-state index contributed by atoms with van der Waals surface area (Å²) in [6, 6.07) is 34.2. The van der Waals surface area contributed by atoms with Crippen molar-refractivity contribution in [3.05, 3.63) is 186 Å². The molecule has 10 nitrogen and oxygen atoms in total. The average Bonchev–Trinajstić information content (AvgIpc) is 3.31. The summed E-state index contributed by atoms with van der Waals surface area (Å²) in [5.41, 5.74) is 12.7. The zero-order valence-corrected chi connectivity index (χ0v) is 44.5. The molecule has 2 aliphatic heterocycles. The summed E-state index contributed by atoms with van der Waals surface area (Å²) in [4.78, 5) is 0. The Hall–Kier alpha value is -4.60. The van der Waals surface area contributed by atoms with E-state index in [9.17, 15) is 19.3 Å². The predicted molar refractivity (Wildman–Crippen MR) is 293 cm³/mol. The Morgan fingerprint density at radius 2 is 0.917 bits per heavy atom. The first-order valence-electron chi connectivity index (χ1n) is 23.7. The highest BCUT2D eigenvalue weighted by Crippen LogP contribution is 2.57. The zero-order valence-electron chi connectivity index (χ0n) is 41.2. The lowest BCUT2D eigenvalue weighted by molar-refractivity contribution is 0.0720. The number of aryl methyl sites for hydroxylation is 4. The van der Waals surface area contributed by atoms with Gasteiger partial charge in [-0.3, -0.25) is 18.2 Å². The maximum absolute atomic E-state index is 13.2. The molecule has 2 heterocycles. The predicted octanol–water partition coefficient (Wildman–Crippen LogP) is 17.4. The van der Waals surface area contributed by atoms with Gasteiger partial charge in [0.2, 0.25) is 0 Å². The Bertz CT molecular complexity index is 2660. The van der Waals surface area contributed by atoms with Crippen LogP contribution in [0, 0.1) is 27.7 Å². The third kappa shape index (κ3) is 15.2. The van der Waals surface area contributed by atoms with Gasteiger partial charge in [-0.1, -0.05) is 114 Å². The Morgan fingerprint density at radius 3 is 1.25 bits per heavy atom.